The number of carboxylic acid groups (broad SMARTS) is 1. The Bertz CT molecular complexity index is 1180. The largest absolute Gasteiger partial charge is 0.480 e. The fraction of sp³-hybridized carbons (Fsp3) is 0.273. The number of H-pyrrole nitrogens is 1. The number of fused-ring (bicyclic) bond motifs is 1. The van der Waals surface area contributed by atoms with E-state index in [-0.39, 0.29) is 17.7 Å². The summed E-state index contributed by atoms with van der Waals surface area (Å²) in [6.45, 7) is 3.33. The van der Waals surface area contributed by atoms with Gasteiger partial charge in [0.15, 0.2) is 0 Å². The summed E-state index contributed by atoms with van der Waals surface area (Å²) in [6.07, 6.45) is 0.0540. The van der Waals surface area contributed by atoms with Crippen molar-refractivity contribution in [3.63, 3.8) is 0 Å². The lowest BCUT2D eigenvalue weighted by atomic mass is 10.0. The minimum absolute atomic E-state index is 0.0540. The third kappa shape index (κ3) is 4.32. The van der Waals surface area contributed by atoms with Crippen molar-refractivity contribution in [2.45, 2.75) is 32.4 Å². The van der Waals surface area contributed by atoms with Gasteiger partial charge in [-0.25, -0.2) is 14.2 Å². The molecule has 0 saturated carbocycles. The summed E-state index contributed by atoms with van der Waals surface area (Å²) in [5.74, 6) is -2.27. The second-order valence-corrected chi connectivity index (χ2v) is 7.42. The zero-order valence-electron chi connectivity index (χ0n) is 16.7. The molecule has 30 heavy (non-hydrogen) atoms. The summed E-state index contributed by atoms with van der Waals surface area (Å²) in [6, 6.07) is 13.1. The van der Waals surface area contributed by atoms with Crippen LogP contribution in [0.3, 0.4) is 0 Å². The molecule has 0 fully saturated rings. The van der Waals surface area contributed by atoms with Crippen LogP contribution in [0.2, 0.25) is 0 Å². The maximum absolute atomic E-state index is 13.1. The molecule has 1 amide bonds. The third-order valence-corrected chi connectivity index (χ3v) is 4.95. The zero-order chi connectivity index (χ0) is 21.8. The molecule has 0 aliphatic heterocycles. The number of para-hydroxylation sites is 1. The van der Waals surface area contributed by atoms with Crippen LogP contribution in [0, 0.1) is 5.92 Å². The first kappa shape index (κ1) is 21.0. The third-order valence-electron chi connectivity index (χ3n) is 4.95. The van der Waals surface area contributed by atoms with Gasteiger partial charge in [-0.1, -0.05) is 56.3 Å². The second kappa shape index (κ2) is 8.77. The predicted octanol–water partition coefficient (Wildman–Crippen LogP) is 1.70. The van der Waals surface area contributed by atoms with Crippen molar-refractivity contribution in [1.29, 1.82) is 0 Å². The lowest BCUT2D eigenvalue weighted by Gasteiger charge is -2.23. The number of nitrogens with zero attached hydrogens (tertiary/aromatic N) is 1. The van der Waals surface area contributed by atoms with Crippen LogP contribution in [0.4, 0.5) is 0 Å². The molecule has 0 unspecified atom stereocenters. The van der Waals surface area contributed by atoms with Gasteiger partial charge in [-0.3, -0.25) is 9.59 Å². The van der Waals surface area contributed by atoms with E-state index < -0.39 is 35.2 Å². The Hall–Kier alpha value is -3.68. The molecule has 0 aliphatic rings. The molecule has 0 aliphatic carbocycles. The van der Waals surface area contributed by atoms with Gasteiger partial charge in [0.05, 0.1) is 10.9 Å². The fourth-order valence-electron chi connectivity index (χ4n) is 3.36. The summed E-state index contributed by atoms with van der Waals surface area (Å²) in [4.78, 5) is 53.1. The molecular formula is C22H23N3O5. The quantitative estimate of drug-likeness (QED) is 0.548. The minimum Gasteiger partial charge on any atom is -0.480 e. The maximum atomic E-state index is 13.1. The van der Waals surface area contributed by atoms with E-state index in [0.717, 1.165) is 10.1 Å². The first-order chi connectivity index (χ1) is 14.3. The molecule has 8 heteroatoms. The fourth-order valence-corrected chi connectivity index (χ4v) is 3.36. The molecule has 3 N–H and O–H groups in total. The Kier molecular flexibility index (Phi) is 6.15. The lowest BCUT2D eigenvalue weighted by Crippen LogP contribution is -2.51. The van der Waals surface area contributed by atoms with Crippen molar-refractivity contribution in [3.8, 4) is 0 Å². The summed E-state index contributed by atoms with van der Waals surface area (Å²) in [5, 5.41) is 12.2. The average molecular weight is 409 g/mol. The highest BCUT2D eigenvalue weighted by Crippen LogP contribution is 2.15. The smallest absolute Gasteiger partial charge is 0.329 e. The highest BCUT2D eigenvalue weighted by Gasteiger charge is 2.30. The molecule has 3 aromatic rings. The summed E-state index contributed by atoms with van der Waals surface area (Å²) in [5.41, 5.74) is -0.241. The second-order valence-electron chi connectivity index (χ2n) is 7.42. The van der Waals surface area contributed by atoms with Gasteiger partial charge in [-0.2, -0.15) is 0 Å². The normalized spacial score (nSPS) is 13.2. The number of aromatic nitrogens is 2. The monoisotopic (exact) mass is 409 g/mol. The SMILES string of the molecule is CC(C)[C@@H](NC(=O)[C@H](Cc1ccccc1)n1c(=O)[nH]c2ccccc2c1=O)C(=O)O. The van der Waals surface area contributed by atoms with E-state index in [4.69, 9.17) is 0 Å². The molecule has 1 aromatic heterocycles. The number of aromatic amines is 1. The highest BCUT2D eigenvalue weighted by molar-refractivity contribution is 5.86. The van der Waals surface area contributed by atoms with E-state index in [9.17, 15) is 24.3 Å². The predicted molar refractivity (Wildman–Crippen MR) is 112 cm³/mol. The molecule has 0 bridgehead atoms. The standard InChI is InChI=1S/C22H23N3O5/c1-13(2)18(21(28)29)24-19(26)17(12-14-8-4-3-5-9-14)25-20(27)15-10-6-7-11-16(15)23-22(25)30/h3-11,13,17-18H,12H2,1-2H3,(H,23,30)(H,24,26)(H,28,29)/t17-,18+/m0/s1. The number of hydrogen-bond donors (Lipinski definition) is 3. The number of carboxylic acids is 1. The van der Waals surface area contributed by atoms with Gasteiger partial charge >= 0.3 is 11.7 Å². The molecule has 156 valence electrons. The molecule has 0 radical (unpaired) electrons. The lowest BCUT2D eigenvalue weighted by molar-refractivity contribution is -0.143. The van der Waals surface area contributed by atoms with E-state index in [1.165, 1.54) is 0 Å². The van der Waals surface area contributed by atoms with Crippen molar-refractivity contribution in [2.24, 2.45) is 5.92 Å². The Morgan fingerprint density at radius 3 is 2.30 bits per heavy atom. The number of amides is 1. The van der Waals surface area contributed by atoms with Crippen LogP contribution in [-0.2, 0) is 16.0 Å². The zero-order valence-corrected chi connectivity index (χ0v) is 16.7. The van der Waals surface area contributed by atoms with Crippen LogP contribution in [0.25, 0.3) is 10.9 Å². The average Bonchev–Trinajstić information content (AvgIpc) is 2.71. The topological polar surface area (TPSA) is 121 Å². The number of nitrogens with one attached hydrogen (secondary N) is 2. The molecule has 0 spiro atoms. The minimum atomic E-state index is -1.21. The van der Waals surface area contributed by atoms with E-state index in [2.05, 4.69) is 10.3 Å². The number of benzene rings is 2. The van der Waals surface area contributed by atoms with Gasteiger partial charge in [-0.15, -0.1) is 0 Å². The van der Waals surface area contributed by atoms with Gasteiger partial charge in [0.2, 0.25) is 5.91 Å². The first-order valence-electron chi connectivity index (χ1n) is 9.60. The Labute approximate surface area is 172 Å². The van der Waals surface area contributed by atoms with E-state index in [1.807, 2.05) is 6.07 Å². The molecule has 2 aromatic carbocycles. The van der Waals surface area contributed by atoms with Crippen LogP contribution in [0.5, 0.6) is 0 Å². The molecule has 8 nitrogen and oxygen atoms in total. The summed E-state index contributed by atoms with van der Waals surface area (Å²) < 4.78 is 0.865. The van der Waals surface area contributed by atoms with Gasteiger partial charge < -0.3 is 15.4 Å². The molecule has 0 saturated heterocycles. The van der Waals surface area contributed by atoms with Gasteiger partial charge in [0.25, 0.3) is 5.56 Å². The maximum Gasteiger partial charge on any atom is 0.329 e. The molecule has 1 heterocycles. The summed E-state index contributed by atoms with van der Waals surface area (Å²) in [7, 11) is 0. The van der Waals surface area contributed by atoms with Crippen LogP contribution in [-0.4, -0.2) is 32.6 Å². The molecule has 3 rings (SSSR count). The van der Waals surface area contributed by atoms with Crippen molar-refractivity contribution in [2.75, 3.05) is 0 Å². The van der Waals surface area contributed by atoms with E-state index in [0.29, 0.717) is 5.52 Å². The number of hydrogen-bond acceptors (Lipinski definition) is 4. The Morgan fingerprint density at radius 2 is 1.67 bits per heavy atom. The van der Waals surface area contributed by atoms with Crippen LogP contribution < -0.4 is 16.6 Å². The highest BCUT2D eigenvalue weighted by atomic mass is 16.4. The van der Waals surface area contributed by atoms with Crippen molar-refractivity contribution in [3.05, 3.63) is 81.0 Å². The van der Waals surface area contributed by atoms with Crippen molar-refractivity contribution >= 4 is 22.8 Å². The van der Waals surface area contributed by atoms with Gasteiger partial charge in [-0.05, 0) is 23.6 Å². The van der Waals surface area contributed by atoms with E-state index in [1.54, 1.807) is 62.4 Å². The Morgan fingerprint density at radius 1 is 1.03 bits per heavy atom. The van der Waals surface area contributed by atoms with E-state index >= 15 is 0 Å². The van der Waals surface area contributed by atoms with Gasteiger partial charge in [0.1, 0.15) is 12.1 Å². The molecular weight excluding hydrogens is 386 g/mol. The van der Waals surface area contributed by atoms with Crippen LogP contribution >= 0.6 is 0 Å². The summed E-state index contributed by atoms with van der Waals surface area (Å²) >= 11 is 0. The van der Waals surface area contributed by atoms with Crippen LogP contribution in [0.1, 0.15) is 25.5 Å². The first-order valence-corrected chi connectivity index (χ1v) is 9.60. The number of carbonyl (C=O) groups is 2. The molecule has 2 atom stereocenters. The number of aliphatic carboxylic acids is 1. The number of rotatable bonds is 7. The van der Waals surface area contributed by atoms with Gasteiger partial charge in [0, 0.05) is 6.42 Å². The van der Waals surface area contributed by atoms with Crippen LogP contribution in [0.15, 0.2) is 64.2 Å². The number of carbonyl (C=O) groups excluding carboxylic acids is 1. The Balaban J connectivity index is 2.12. The van der Waals surface area contributed by atoms with Crippen molar-refractivity contribution < 1.29 is 14.7 Å². The van der Waals surface area contributed by atoms with Crippen molar-refractivity contribution in [1.82, 2.24) is 14.9 Å².